The Bertz CT molecular complexity index is 474. The molecule has 0 saturated carbocycles. The van der Waals surface area contributed by atoms with Crippen molar-refractivity contribution in [3.05, 3.63) is 29.8 Å². The third-order valence-electron chi connectivity index (χ3n) is 4.90. The van der Waals surface area contributed by atoms with E-state index in [0.717, 1.165) is 37.2 Å². The highest BCUT2D eigenvalue weighted by atomic mass is 16.5. The summed E-state index contributed by atoms with van der Waals surface area (Å²) in [6.45, 7) is 6.41. The molecule has 0 aliphatic carbocycles. The third-order valence-corrected chi connectivity index (χ3v) is 4.90. The number of nitrogens with zero attached hydrogens (tertiary/aromatic N) is 1. The molecule has 0 radical (unpaired) electrons. The fraction of sp³-hybridized carbons (Fsp3) is 0.611. The van der Waals surface area contributed by atoms with Crippen molar-refractivity contribution in [2.75, 3.05) is 20.2 Å². The van der Waals surface area contributed by atoms with Gasteiger partial charge in [0, 0.05) is 6.42 Å². The van der Waals surface area contributed by atoms with Crippen LogP contribution in [-0.4, -0.2) is 36.4 Å². The summed E-state index contributed by atoms with van der Waals surface area (Å²) in [5.41, 5.74) is 0.768. The van der Waals surface area contributed by atoms with Gasteiger partial charge in [0.15, 0.2) is 5.78 Å². The number of methoxy groups -OCH3 is 1. The standard InChI is InChI=1S/C18H27NO2/c1-4-18(5-2,19-11-6-7-12-19)17(20)14-15-9-8-10-16(13-15)21-3/h8-10,13H,4-7,11-12,14H2,1-3H3. The van der Waals surface area contributed by atoms with E-state index < -0.39 is 0 Å². The molecule has 1 aromatic carbocycles. The maximum absolute atomic E-state index is 13.0. The predicted molar refractivity (Wildman–Crippen MR) is 85.8 cm³/mol. The average Bonchev–Trinajstić information content (AvgIpc) is 3.04. The molecule has 1 aromatic rings. The summed E-state index contributed by atoms with van der Waals surface area (Å²) >= 11 is 0. The smallest absolute Gasteiger partial charge is 0.157 e. The molecule has 3 heteroatoms. The number of hydrogen-bond donors (Lipinski definition) is 0. The molecule has 3 nitrogen and oxygen atoms in total. The van der Waals surface area contributed by atoms with Gasteiger partial charge in [0.2, 0.25) is 0 Å². The molecule has 0 atom stereocenters. The van der Waals surface area contributed by atoms with Crippen molar-refractivity contribution in [1.82, 2.24) is 4.90 Å². The van der Waals surface area contributed by atoms with E-state index in [1.807, 2.05) is 24.3 Å². The lowest BCUT2D eigenvalue weighted by Gasteiger charge is -2.39. The van der Waals surface area contributed by atoms with Crippen LogP contribution in [-0.2, 0) is 11.2 Å². The number of carbonyl (C=O) groups is 1. The number of hydrogen-bond acceptors (Lipinski definition) is 3. The van der Waals surface area contributed by atoms with Crippen LogP contribution in [0.1, 0.15) is 45.1 Å². The van der Waals surface area contributed by atoms with Gasteiger partial charge in [-0.2, -0.15) is 0 Å². The molecule has 1 fully saturated rings. The van der Waals surface area contributed by atoms with Gasteiger partial charge in [0.05, 0.1) is 12.6 Å². The number of ether oxygens (including phenoxy) is 1. The highest BCUT2D eigenvalue weighted by Crippen LogP contribution is 2.30. The zero-order valence-electron chi connectivity index (χ0n) is 13.5. The Labute approximate surface area is 128 Å². The molecule has 0 amide bonds. The average molecular weight is 289 g/mol. The minimum absolute atomic E-state index is 0.278. The maximum atomic E-state index is 13.0. The van der Waals surface area contributed by atoms with Crippen LogP contribution in [0.5, 0.6) is 5.75 Å². The van der Waals surface area contributed by atoms with Crippen molar-refractivity contribution >= 4 is 5.78 Å². The molecule has 2 rings (SSSR count). The number of rotatable bonds is 7. The Morgan fingerprint density at radius 3 is 2.48 bits per heavy atom. The van der Waals surface area contributed by atoms with Gasteiger partial charge in [-0.15, -0.1) is 0 Å². The van der Waals surface area contributed by atoms with Crippen LogP contribution >= 0.6 is 0 Å². The van der Waals surface area contributed by atoms with E-state index in [1.165, 1.54) is 12.8 Å². The highest BCUT2D eigenvalue weighted by Gasteiger charge is 2.41. The number of carbonyl (C=O) groups excluding carboxylic acids is 1. The fourth-order valence-corrected chi connectivity index (χ4v) is 3.55. The molecule has 0 unspecified atom stereocenters. The zero-order chi connectivity index (χ0) is 15.3. The molecular formula is C18H27NO2. The number of Topliss-reactive ketones (excluding diaryl/α,β-unsaturated/α-hetero) is 1. The fourth-order valence-electron chi connectivity index (χ4n) is 3.55. The first-order valence-corrected chi connectivity index (χ1v) is 8.07. The summed E-state index contributed by atoms with van der Waals surface area (Å²) in [6.07, 6.45) is 4.72. The summed E-state index contributed by atoms with van der Waals surface area (Å²) in [5.74, 6) is 1.17. The first-order valence-electron chi connectivity index (χ1n) is 8.07. The second-order valence-corrected chi connectivity index (χ2v) is 5.88. The van der Waals surface area contributed by atoms with Crippen LogP contribution < -0.4 is 4.74 Å². The molecule has 21 heavy (non-hydrogen) atoms. The highest BCUT2D eigenvalue weighted by molar-refractivity contribution is 5.90. The van der Waals surface area contributed by atoms with Crippen LogP contribution in [0.4, 0.5) is 0 Å². The first-order chi connectivity index (χ1) is 10.2. The van der Waals surface area contributed by atoms with E-state index in [2.05, 4.69) is 18.7 Å². The van der Waals surface area contributed by atoms with Crippen LogP contribution in [0.25, 0.3) is 0 Å². The summed E-state index contributed by atoms with van der Waals surface area (Å²) < 4.78 is 5.25. The number of likely N-dealkylation sites (tertiary alicyclic amines) is 1. The Morgan fingerprint density at radius 1 is 1.24 bits per heavy atom. The molecule has 1 aliphatic rings. The van der Waals surface area contributed by atoms with Gasteiger partial charge >= 0.3 is 0 Å². The molecule has 0 aromatic heterocycles. The minimum Gasteiger partial charge on any atom is -0.497 e. The molecule has 0 N–H and O–H groups in total. The van der Waals surface area contributed by atoms with Gasteiger partial charge in [-0.1, -0.05) is 26.0 Å². The van der Waals surface area contributed by atoms with Gasteiger partial charge in [-0.25, -0.2) is 0 Å². The normalized spacial score (nSPS) is 16.1. The largest absolute Gasteiger partial charge is 0.497 e. The molecule has 0 bridgehead atoms. The van der Waals surface area contributed by atoms with Crippen molar-refractivity contribution in [2.24, 2.45) is 0 Å². The zero-order valence-corrected chi connectivity index (χ0v) is 13.5. The van der Waals surface area contributed by atoms with Gasteiger partial charge in [-0.05, 0) is 56.5 Å². The topological polar surface area (TPSA) is 29.5 Å². The van der Waals surface area contributed by atoms with E-state index in [1.54, 1.807) is 7.11 Å². The molecule has 0 spiro atoms. The van der Waals surface area contributed by atoms with Crippen molar-refractivity contribution < 1.29 is 9.53 Å². The molecule has 1 saturated heterocycles. The Morgan fingerprint density at radius 2 is 1.90 bits per heavy atom. The minimum atomic E-state index is -0.278. The van der Waals surface area contributed by atoms with Gasteiger partial charge in [0.25, 0.3) is 0 Å². The van der Waals surface area contributed by atoms with Crippen LogP contribution in [0.2, 0.25) is 0 Å². The van der Waals surface area contributed by atoms with E-state index in [0.29, 0.717) is 12.2 Å². The quantitative estimate of drug-likeness (QED) is 0.770. The lowest BCUT2D eigenvalue weighted by atomic mass is 9.83. The first kappa shape index (κ1) is 16.0. The SMILES string of the molecule is CCC(CC)(C(=O)Cc1cccc(OC)c1)N1CCCC1. The second-order valence-electron chi connectivity index (χ2n) is 5.88. The second kappa shape index (κ2) is 7.08. The molecular weight excluding hydrogens is 262 g/mol. The van der Waals surface area contributed by atoms with Crippen LogP contribution in [0.15, 0.2) is 24.3 Å². The van der Waals surface area contributed by atoms with Gasteiger partial charge < -0.3 is 4.74 Å². The van der Waals surface area contributed by atoms with Crippen molar-refractivity contribution in [3.63, 3.8) is 0 Å². The summed E-state index contributed by atoms with van der Waals surface area (Å²) in [4.78, 5) is 15.4. The molecule has 1 heterocycles. The van der Waals surface area contributed by atoms with E-state index >= 15 is 0 Å². The van der Waals surface area contributed by atoms with E-state index in [4.69, 9.17) is 4.74 Å². The van der Waals surface area contributed by atoms with Crippen molar-refractivity contribution in [2.45, 2.75) is 51.5 Å². The Kier molecular flexibility index (Phi) is 5.40. The Balaban J connectivity index is 2.18. The maximum Gasteiger partial charge on any atom is 0.157 e. The summed E-state index contributed by atoms with van der Waals surface area (Å²) in [6, 6.07) is 7.86. The van der Waals surface area contributed by atoms with Crippen molar-refractivity contribution in [1.29, 1.82) is 0 Å². The van der Waals surface area contributed by atoms with Gasteiger partial charge in [-0.3, -0.25) is 9.69 Å². The van der Waals surface area contributed by atoms with Crippen molar-refractivity contribution in [3.8, 4) is 5.75 Å². The van der Waals surface area contributed by atoms with Gasteiger partial charge in [0.1, 0.15) is 5.75 Å². The third kappa shape index (κ3) is 3.29. The molecule has 116 valence electrons. The van der Waals surface area contributed by atoms with Crippen LogP contribution in [0.3, 0.4) is 0 Å². The number of benzene rings is 1. The number of ketones is 1. The van der Waals surface area contributed by atoms with Crippen LogP contribution in [0, 0.1) is 0 Å². The monoisotopic (exact) mass is 289 g/mol. The Hall–Kier alpha value is -1.35. The summed E-state index contributed by atoms with van der Waals surface area (Å²) in [7, 11) is 1.66. The predicted octanol–water partition coefficient (Wildman–Crippen LogP) is 3.46. The van der Waals surface area contributed by atoms with E-state index in [9.17, 15) is 4.79 Å². The lowest BCUT2D eigenvalue weighted by molar-refractivity contribution is -0.130. The van der Waals surface area contributed by atoms with E-state index in [-0.39, 0.29) is 5.54 Å². The summed E-state index contributed by atoms with van der Waals surface area (Å²) in [5, 5.41) is 0. The molecule has 1 aliphatic heterocycles. The lowest BCUT2D eigenvalue weighted by Crippen LogP contribution is -2.53.